The Bertz CT molecular complexity index is 534. The molecule has 8 heteroatoms. The summed E-state index contributed by atoms with van der Waals surface area (Å²) in [6, 6.07) is 9.01. The quantitative estimate of drug-likeness (QED) is 0.784. The number of hydrogen-bond acceptors (Lipinski definition) is 4. The molecular formula is C12H17ClN2O4S. The summed E-state index contributed by atoms with van der Waals surface area (Å²) >= 11 is 6.06. The van der Waals surface area contributed by atoms with Crippen molar-refractivity contribution < 1.29 is 17.9 Å². The van der Waals surface area contributed by atoms with Gasteiger partial charge in [-0.1, -0.05) is 30.3 Å². The molecule has 1 aromatic carbocycles. The lowest BCUT2D eigenvalue weighted by molar-refractivity contribution is 0.121. The summed E-state index contributed by atoms with van der Waals surface area (Å²) in [5.41, 5.74) is 0.779. The highest BCUT2D eigenvalue weighted by atomic mass is 35.5. The Morgan fingerprint density at radius 2 is 1.90 bits per heavy atom. The molecule has 0 spiro atoms. The number of halogens is 1. The number of rotatable bonds is 6. The third-order valence-corrected chi connectivity index (χ3v) is 3.56. The second kappa shape index (κ2) is 7.47. The predicted octanol–water partition coefficient (Wildman–Crippen LogP) is 1.94. The van der Waals surface area contributed by atoms with E-state index in [9.17, 15) is 13.2 Å². The fourth-order valence-electron chi connectivity index (χ4n) is 1.35. The number of benzene rings is 1. The highest BCUT2D eigenvalue weighted by molar-refractivity contribution is 7.88. The van der Waals surface area contributed by atoms with Gasteiger partial charge >= 0.3 is 16.3 Å². The van der Waals surface area contributed by atoms with Crippen LogP contribution in [0.15, 0.2) is 30.3 Å². The molecule has 0 heterocycles. The molecule has 1 atom stereocenters. The Kier molecular flexibility index (Phi) is 6.25. The molecule has 0 saturated carbocycles. The van der Waals surface area contributed by atoms with Gasteiger partial charge in [-0.15, -0.1) is 11.6 Å². The second-order valence-corrected chi connectivity index (χ2v) is 6.31. The van der Waals surface area contributed by atoms with Crippen molar-refractivity contribution in [2.75, 3.05) is 6.54 Å². The molecular weight excluding hydrogens is 304 g/mol. The predicted molar refractivity (Wildman–Crippen MR) is 76.7 cm³/mol. The first-order valence-electron chi connectivity index (χ1n) is 5.97. The first kappa shape index (κ1) is 16.7. The van der Waals surface area contributed by atoms with Gasteiger partial charge in [-0.05, 0) is 19.4 Å². The molecule has 0 aromatic heterocycles. The van der Waals surface area contributed by atoms with Crippen molar-refractivity contribution in [2.45, 2.75) is 25.3 Å². The molecule has 1 aromatic rings. The normalized spacial score (nSPS) is 13.0. The molecule has 0 radical (unpaired) electrons. The van der Waals surface area contributed by atoms with E-state index >= 15 is 0 Å². The SMILES string of the molecule is CC(C)OC(=O)NS(=O)(=O)NCC(Cl)c1ccccc1. The van der Waals surface area contributed by atoms with Gasteiger partial charge in [-0.3, -0.25) is 0 Å². The van der Waals surface area contributed by atoms with Crippen molar-refractivity contribution in [3.63, 3.8) is 0 Å². The molecule has 0 fully saturated rings. The third kappa shape index (κ3) is 6.23. The monoisotopic (exact) mass is 320 g/mol. The van der Waals surface area contributed by atoms with Crippen LogP contribution < -0.4 is 9.44 Å². The Hall–Kier alpha value is -1.31. The molecule has 0 aliphatic carbocycles. The van der Waals surface area contributed by atoms with Gasteiger partial charge in [-0.25, -0.2) is 9.52 Å². The number of amides is 1. The Morgan fingerprint density at radius 3 is 2.45 bits per heavy atom. The van der Waals surface area contributed by atoms with E-state index in [0.29, 0.717) is 0 Å². The Labute approximate surface area is 123 Å². The van der Waals surface area contributed by atoms with Crippen LogP contribution >= 0.6 is 11.6 Å². The number of hydrogen-bond donors (Lipinski definition) is 2. The summed E-state index contributed by atoms with van der Waals surface area (Å²) in [6.07, 6.45) is -1.44. The summed E-state index contributed by atoms with van der Waals surface area (Å²) < 4.78 is 31.8. The van der Waals surface area contributed by atoms with Crippen molar-refractivity contribution in [1.29, 1.82) is 0 Å². The molecule has 0 bridgehead atoms. The maximum atomic E-state index is 11.6. The van der Waals surface area contributed by atoms with E-state index in [4.69, 9.17) is 11.6 Å². The third-order valence-electron chi connectivity index (χ3n) is 2.17. The summed E-state index contributed by atoms with van der Waals surface area (Å²) in [6.45, 7) is 3.18. The van der Waals surface area contributed by atoms with Crippen molar-refractivity contribution in [3.05, 3.63) is 35.9 Å². The zero-order chi connectivity index (χ0) is 15.2. The van der Waals surface area contributed by atoms with E-state index in [1.54, 1.807) is 42.8 Å². The first-order valence-corrected chi connectivity index (χ1v) is 7.89. The van der Waals surface area contributed by atoms with Gasteiger partial charge in [0.2, 0.25) is 0 Å². The van der Waals surface area contributed by atoms with Crippen LogP contribution in [0.3, 0.4) is 0 Å². The highest BCUT2D eigenvalue weighted by Crippen LogP contribution is 2.18. The van der Waals surface area contributed by atoms with E-state index in [-0.39, 0.29) is 6.54 Å². The summed E-state index contributed by atoms with van der Waals surface area (Å²) in [4.78, 5) is 11.2. The van der Waals surface area contributed by atoms with Crippen LogP contribution in [0.2, 0.25) is 0 Å². The lowest BCUT2D eigenvalue weighted by atomic mass is 10.1. The van der Waals surface area contributed by atoms with E-state index in [1.807, 2.05) is 6.07 Å². The number of alkyl halides is 1. The van der Waals surface area contributed by atoms with E-state index in [1.165, 1.54) is 0 Å². The van der Waals surface area contributed by atoms with Crippen LogP contribution in [-0.4, -0.2) is 27.2 Å². The fraction of sp³-hybridized carbons (Fsp3) is 0.417. The molecule has 6 nitrogen and oxygen atoms in total. The smallest absolute Gasteiger partial charge is 0.422 e. The number of carbonyl (C=O) groups excluding carboxylic acids is 1. The van der Waals surface area contributed by atoms with Crippen LogP contribution in [-0.2, 0) is 14.9 Å². The minimum Gasteiger partial charge on any atom is -0.446 e. The van der Waals surface area contributed by atoms with Crippen molar-refractivity contribution in [3.8, 4) is 0 Å². The molecule has 20 heavy (non-hydrogen) atoms. The molecule has 1 unspecified atom stereocenters. The molecule has 112 valence electrons. The zero-order valence-corrected chi connectivity index (χ0v) is 12.7. The minimum absolute atomic E-state index is 0.0458. The number of nitrogens with one attached hydrogen (secondary N) is 2. The van der Waals surface area contributed by atoms with Crippen LogP contribution in [0.5, 0.6) is 0 Å². The van der Waals surface area contributed by atoms with Crippen molar-refractivity contribution in [1.82, 2.24) is 9.44 Å². The van der Waals surface area contributed by atoms with Gasteiger partial charge in [-0.2, -0.15) is 13.1 Å². The van der Waals surface area contributed by atoms with Gasteiger partial charge in [0.1, 0.15) is 0 Å². The lowest BCUT2D eigenvalue weighted by Crippen LogP contribution is -2.42. The molecule has 0 saturated heterocycles. The van der Waals surface area contributed by atoms with Gasteiger partial charge in [0.05, 0.1) is 11.5 Å². The molecule has 2 N–H and O–H groups in total. The zero-order valence-electron chi connectivity index (χ0n) is 11.2. The van der Waals surface area contributed by atoms with Crippen molar-refractivity contribution >= 4 is 27.9 Å². The van der Waals surface area contributed by atoms with Crippen LogP contribution in [0, 0.1) is 0 Å². The molecule has 1 rings (SSSR count). The van der Waals surface area contributed by atoms with E-state index < -0.39 is 27.8 Å². The van der Waals surface area contributed by atoms with Gasteiger partial charge in [0.15, 0.2) is 0 Å². The average Bonchev–Trinajstić information content (AvgIpc) is 2.35. The minimum atomic E-state index is -3.99. The molecule has 0 aliphatic heterocycles. The summed E-state index contributed by atoms with van der Waals surface area (Å²) in [5, 5.41) is -0.533. The standard InChI is InChI=1S/C12H17ClN2O4S/c1-9(2)19-12(16)15-20(17,18)14-8-11(13)10-6-4-3-5-7-10/h3-7,9,11,14H,8H2,1-2H3,(H,15,16). The van der Waals surface area contributed by atoms with Gasteiger partial charge in [0, 0.05) is 6.54 Å². The maximum absolute atomic E-state index is 11.6. The lowest BCUT2D eigenvalue weighted by Gasteiger charge is -2.13. The van der Waals surface area contributed by atoms with E-state index in [0.717, 1.165) is 5.56 Å². The largest absolute Gasteiger partial charge is 0.446 e. The number of carbonyl (C=O) groups is 1. The van der Waals surface area contributed by atoms with Crippen LogP contribution in [0.25, 0.3) is 0 Å². The van der Waals surface area contributed by atoms with Crippen LogP contribution in [0.4, 0.5) is 4.79 Å². The van der Waals surface area contributed by atoms with Crippen molar-refractivity contribution in [2.24, 2.45) is 0 Å². The first-order chi connectivity index (χ1) is 9.30. The van der Waals surface area contributed by atoms with E-state index in [2.05, 4.69) is 9.46 Å². The summed E-state index contributed by atoms with van der Waals surface area (Å²) in [5.74, 6) is 0. The molecule has 0 aliphatic rings. The fourth-order valence-corrected chi connectivity index (χ4v) is 2.39. The topological polar surface area (TPSA) is 84.5 Å². The average molecular weight is 321 g/mol. The van der Waals surface area contributed by atoms with Gasteiger partial charge in [0.25, 0.3) is 0 Å². The second-order valence-electron chi connectivity index (χ2n) is 4.29. The highest BCUT2D eigenvalue weighted by Gasteiger charge is 2.18. The Morgan fingerprint density at radius 1 is 1.30 bits per heavy atom. The van der Waals surface area contributed by atoms with Gasteiger partial charge < -0.3 is 4.74 Å². The van der Waals surface area contributed by atoms with Crippen LogP contribution in [0.1, 0.15) is 24.8 Å². The Balaban J connectivity index is 2.49. The maximum Gasteiger partial charge on any atom is 0.422 e. The summed E-state index contributed by atoms with van der Waals surface area (Å²) in [7, 11) is -3.99. The number of ether oxygens (including phenoxy) is 1. The molecule has 1 amide bonds.